The summed E-state index contributed by atoms with van der Waals surface area (Å²) in [6.45, 7) is 2.57. The summed E-state index contributed by atoms with van der Waals surface area (Å²) < 4.78 is 0. The van der Waals surface area contributed by atoms with Gasteiger partial charge in [0.2, 0.25) is 5.91 Å². The van der Waals surface area contributed by atoms with E-state index >= 15 is 0 Å². The molecule has 0 aliphatic carbocycles. The van der Waals surface area contributed by atoms with Crippen LogP contribution in [0.2, 0.25) is 0 Å². The van der Waals surface area contributed by atoms with Gasteiger partial charge in [-0.3, -0.25) is 9.69 Å². The second-order valence-corrected chi connectivity index (χ2v) is 6.33. The molecule has 0 heterocycles. The minimum absolute atomic E-state index is 0.0721. The summed E-state index contributed by atoms with van der Waals surface area (Å²) in [7, 11) is 5.95. The number of carbonyl (C=O) groups is 1. The minimum Gasteiger partial charge on any atom is -0.378 e. The van der Waals surface area contributed by atoms with Gasteiger partial charge < -0.3 is 10.2 Å². The molecule has 130 valence electrons. The van der Waals surface area contributed by atoms with Crippen LogP contribution in [0.1, 0.15) is 18.1 Å². The Hall–Kier alpha value is -2.84. The van der Waals surface area contributed by atoms with Crippen LogP contribution < -0.4 is 10.2 Å². The maximum atomic E-state index is 12.4. The molecule has 0 bridgehead atoms. The predicted molar refractivity (Wildman–Crippen MR) is 101 cm³/mol. The highest BCUT2D eigenvalue weighted by molar-refractivity contribution is 5.94. The van der Waals surface area contributed by atoms with Gasteiger partial charge in [-0.05, 0) is 55.9 Å². The van der Waals surface area contributed by atoms with Crippen LogP contribution in [0.15, 0.2) is 48.5 Å². The smallest absolute Gasteiger partial charge is 0.241 e. The SMILES string of the molecule is C[C@@H](C(=O)Nc1ccc(C#N)cc1)N(C)Cc1ccc(N(C)C)cc1. The number of nitrogens with one attached hydrogen (secondary N) is 1. The van der Waals surface area contributed by atoms with Crippen LogP contribution in [0.5, 0.6) is 0 Å². The molecule has 0 saturated heterocycles. The first-order chi connectivity index (χ1) is 11.9. The fraction of sp³-hybridized carbons (Fsp3) is 0.300. The van der Waals surface area contributed by atoms with Crippen molar-refractivity contribution in [3.05, 3.63) is 59.7 Å². The normalized spacial score (nSPS) is 11.7. The number of hydrogen-bond acceptors (Lipinski definition) is 4. The number of amides is 1. The molecule has 1 atom stereocenters. The Balaban J connectivity index is 1.94. The van der Waals surface area contributed by atoms with Crippen molar-refractivity contribution in [3.8, 4) is 6.07 Å². The Morgan fingerprint density at radius 3 is 2.20 bits per heavy atom. The molecule has 2 aromatic carbocycles. The van der Waals surface area contributed by atoms with E-state index in [1.807, 2.05) is 33.0 Å². The highest BCUT2D eigenvalue weighted by Crippen LogP contribution is 2.15. The van der Waals surface area contributed by atoms with Crippen LogP contribution in [-0.4, -0.2) is 38.0 Å². The van der Waals surface area contributed by atoms with Crippen molar-refractivity contribution >= 4 is 17.3 Å². The molecule has 0 fully saturated rings. The van der Waals surface area contributed by atoms with Crippen molar-refractivity contribution < 1.29 is 4.79 Å². The third kappa shape index (κ3) is 5.07. The van der Waals surface area contributed by atoms with Crippen molar-refractivity contribution in [2.45, 2.75) is 19.5 Å². The number of carbonyl (C=O) groups excluding carboxylic acids is 1. The van der Waals surface area contributed by atoms with Gasteiger partial charge in [0, 0.05) is 32.0 Å². The lowest BCUT2D eigenvalue weighted by Gasteiger charge is -2.24. The van der Waals surface area contributed by atoms with Gasteiger partial charge in [-0.15, -0.1) is 0 Å². The van der Waals surface area contributed by atoms with E-state index < -0.39 is 0 Å². The van der Waals surface area contributed by atoms with Gasteiger partial charge in [-0.1, -0.05) is 12.1 Å². The molecule has 2 aromatic rings. The van der Waals surface area contributed by atoms with Crippen LogP contribution in [0.4, 0.5) is 11.4 Å². The first-order valence-electron chi connectivity index (χ1n) is 8.18. The summed E-state index contributed by atoms with van der Waals surface area (Å²) in [5, 5.41) is 11.7. The largest absolute Gasteiger partial charge is 0.378 e. The van der Waals surface area contributed by atoms with Crippen LogP contribution >= 0.6 is 0 Å². The summed E-state index contributed by atoms with van der Waals surface area (Å²) in [6, 6.07) is 17.0. The molecular weight excluding hydrogens is 312 g/mol. The number of nitrogens with zero attached hydrogens (tertiary/aromatic N) is 3. The Kier molecular flexibility index (Phi) is 6.15. The average Bonchev–Trinajstić information content (AvgIpc) is 2.62. The highest BCUT2D eigenvalue weighted by Gasteiger charge is 2.18. The molecule has 5 nitrogen and oxygen atoms in total. The molecule has 1 amide bonds. The summed E-state index contributed by atoms with van der Waals surface area (Å²) in [6.07, 6.45) is 0. The maximum absolute atomic E-state index is 12.4. The first-order valence-corrected chi connectivity index (χ1v) is 8.18. The number of benzene rings is 2. The lowest BCUT2D eigenvalue weighted by molar-refractivity contribution is -0.120. The molecule has 0 unspecified atom stereocenters. The number of anilines is 2. The van der Waals surface area contributed by atoms with Crippen LogP contribution in [0, 0.1) is 11.3 Å². The molecule has 0 aromatic heterocycles. The van der Waals surface area contributed by atoms with Crippen molar-refractivity contribution in [2.24, 2.45) is 0 Å². The van der Waals surface area contributed by atoms with Gasteiger partial charge in [0.05, 0.1) is 17.7 Å². The van der Waals surface area contributed by atoms with Crippen molar-refractivity contribution in [1.82, 2.24) is 4.90 Å². The molecule has 2 rings (SSSR count). The number of rotatable bonds is 6. The van der Waals surface area contributed by atoms with Crippen molar-refractivity contribution in [2.75, 3.05) is 31.4 Å². The topological polar surface area (TPSA) is 59.4 Å². The Labute approximate surface area is 149 Å². The molecule has 5 heteroatoms. The molecule has 0 spiro atoms. The molecule has 1 N–H and O–H groups in total. The number of likely N-dealkylation sites (N-methyl/N-ethyl adjacent to an activating group) is 1. The first kappa shape index (κ1) is 18.5. The monoisotopic (exact) mass is 336 g/mol. The fourth-order valence-electron chi connectivity index (χ4n) is 2.40. The Morgan fingerprint density at radius 2 is 1.68 bits per heavy atom. The standard InChI is InChI=1S/C20H24N4O/c1-15(20(25)22-18-9-5-16(13-21)6-10-18)24(4)14-17-7-11-19(12-8-17)23(2)3/h5-12,15H,14H2,1-4H3,(H,22,25)/t15-/m0/s1. The summed E-state index contributed by atoms with van der Waals surface area (Å²) in [5.41, 5.74) is 3.58. The van der Waals surface area contributed by atoms with Gasteiger partial charge in [0.1, 0.15) is 0 Å². The quantitative estimate of drug-likeness (QED) is 0.881. The summed E-state index contributed by atoms with van der Waals surface area (Å²) in [5.74, 6) is -0.0721. The zero-order valence-corrected chi connectivity index (χ0v) is 15.2. The van der Waals surface area contributed by atoms with E-state index in [1.54, 1.807) is 24.3 Å². The Bertz CT molecular complexity index is 745. The predicted octanol–water partition coefficient (Wildman–Crippen LogP) is 3.08. The zero-order chi connectivity index (χ0) is 18.4. The van der Waals surface area contributed by atoms with Gasteiger partial charge in [-0.25, -0.2) is 0 Å². The van der Waals surface area contributed by atoms with Gasteiger partial charge in [-0.2, -0.15) is 5.26 Å². The third-order valence-corrected chi connectivity index (χ3v) is 4.21. The second kappa shape index (κ2) is 8.32. The molecular formula is C20H24N4O. The highest BCUT2D eigenvalue weighted by atomic mass is 16.2. The fourth-order valence-corrected chi connectivity index (χ4v) is 2.40. The van der Waals surface area contributed by atoms with Gasteiger partial charge in [0.25, 0.3) is 0 Å². The molecule has 0 radical (unpaired) electrons. The summed E-state index contributed by atoms with van der Waals surface area (Å²) in [4.78, 5) is 16.5. The molecule has 25 heavy (non-hydrogen) atoms. The lowest BCUT2D eigenvalue weighted by Crippen LogP contribution is -2.39. The molecule has 0 aliphatic rings. The number of hydrogen-bond donors (Lipinski definition) is 1. The van der Waals surface area contributed by atoms with Crippen molar-refractivity contribution in [1.29, 1.82) is 5.26 Å². The zero-order valence-electron chi connectivity index (χ0n) is 15.2. The van der Waals surface area contributed by atoms with Gasteiger partial charge in [0.15, 0.2) is 0 Å². The average molecular weight is 336 g/mol. The second-order valence-electron chi connectivity index (χ2n) is 6.33. The lowest BCUT2D eigenvalue weighted by atomic mass is 10.1. The van der Waals surface area contributed by atoms with E-state index in [1.165, 1.54) is 0 Å². The van der Waals surface area contributed by atoms with E-state index in [4.69, 9.17) is 5.26 Å². The minimum atomic E-state index is -0.274. The number of nitriles is 1. The Morgan fingerprint density at radius 1 is 1.08 bits per heavy atom. The van der Waals surface area contributed by atoms with Crippen LogP contribution in [0.25, 0.3) is 0 Å². The molecule has 0 saturated carbocycles. The van der Waals surface area contributed by atoms with E-state index in [9.17, 15) is 4.79 Å². The summed E-state index contributed by atoms with van der Waals surface area (Å²) >= 11 is 0. The van der Waals surface area contributed by atoms with E-state index in [0.29, 0.717) is 17.8 Å². The van der Waals surface area contributed by atoms with E-state index in [0.717, 1.165) is 11.3 Å². The maximum Gasteiger partial charge on any atom is 0.241 e. The third-order valence-electron chi connectivity index (χ3n) is 4.21. The van der Waals surface area contributed by atoms with Crippen molar-refractivity contribution in [3.63, 3.8) is 0 Å². The van der Waals surface area contributed by atoms with Gasteiger partial charge >= 0.3 is 0 Å². The van der Waals surface area contributed by atoms with Crippen LogP contribution in [-0.2, 0) is 11.3 Å². The van der Waals surface area contributed by atoms with E-state index in [-0.39, 0.29) is 11.9 Å². The van der Waals surface area contributed by atoms with Crippen LogP contribution in [0.3, 0.4) is 0 Å². The van der Waals surface area contributed by atoms with E-state index in [2.05, 4.69) is 40.6 Å². The molecule has 0 aliphatic heterocycles.